The maximum atomic E-state index is 2.61. The van der Waals surface area contributed by atoms with Crippen LogP contribution in [0.25, 0.3) is 151 Å². The van der Waals surface area contributed by atoms with Crippen LogP contribution in [0.4, 0.5) is 11.4 Å². The summed E-state index contributed by atoms with van der Waals surface area (Å²) < 4.78 is 0.680. The molecule has 544 valence electrons. The first-order chi connectivity index (χ1) is 52.7. The number of benzene rings is 16. The van der Waals surface area contributed by atoms with E-state index < -0.39 is 0 Å². The van der Waals surface area contributed by atoms with Crippen molar-refractivity contribution in [2.24, 2.45) is 0 Å². The highest BCUT2D eigenvalue weighted by Crippen LogP contribution is 2.48. The third-order valence-electron chi connectivity index (χ3n) is 25.2. The van der Waals surface area contributed by atoms with Gasteiger partial charge in [-0.05, 0) is 311 Å². The molecule has 1 nitrogen and oxygen atoms in total. The van der Waals surface area contributed by atoms with Crippen molar-refractivity contribution in [3.8, 4) is 0 Å². The van der Waals surface area contributed by atoms with Gasteiger partial charge in [-0.3, -0.25) is 4.48 Å². The van der Waals surface area contributed by atoms with E-state index in [-0.39, 0.29) is 0 Å². The molecular weight excluding hydrogens is 1290 g/mol. The van der Waals surface area contributed by atoms with Crippen LogP contribution in [0.5, 0.6) is 0 Å². The van der Waals surface area contributed by atoms with Gasteiger partial charge in [0.05, 0.1) is 14.1 Å². The highest BCUT2D eigenvalue weighted by Gasteiger charge is 2.33. The first-order valence-corrected chi connectivity index (χ1v) is 42.8. The van der Waals surface area contributed by atoms with E-state index in [0.29, 0.717) is 4.48 Å². The Labute approximate surface area is 638 Å². The Morgan fingerprint density at radius 2 is 0.336 bits per heavy atom. The van der Waals surface area contributed by atoms with E-state index in [0.717, 1.165) is 12.8 Å². The SMILES string of the molecule is CCCCCCCCCCCCCCCCCCc1ccc2cc3cc4cc5cc6cc7cc8ccccc8cc7cc6cc5cc4cc3cc2c1[N+](C)(C)c1c(CCCCCCCCCCCCCCCCCC)ccc2cc3cc4cc5cc6cc7cc8ccccc8cc7cc6cc5cc4cc3cc12. The predicted molar refractivity (Wildman–Crippen MR) is 478 cm³/mol. The monoisotopic (exact) mass is 1400 g/mol. The van der Waals surface area contributed by atoms with Crippen LogP contribution in [0, 0.1) is 0 Å². The lowest BCUT2D eigenvalue weighted by Crippen LogP contribution is -2.37. The van der Waals surface area contributed by atoms with Gasteiger partial charge in [-0.25, -0.2) is 0 Å². The van der Waals surface area contributed by atoms with Gasteiger partial charge >= 0.3 is 0 Å². The highest BCUT2D eigenvalue weighted by molar-refractivity contribution is 6.17. The van der Waals surface area contributed by atoms with Crippen molar-refractivity contribution in [2.45, 2.75) is 232 Å². The molecule has 0 aliphatic heterocycles. The third kappa shape index (κ3) is 16.5. The minimum atomic E-state index is 0.680. The average Bonchev–Trinajstić information content (AvgIpc) is 0.729. The van der Waals surface area contributed by atoms with Crippen LogP contribution in [0.15, 0.2) is 218 Å². The number of quaternary nitrogens is 1. The third-order valence-corrected chi connectivity index (χ3v) is 25.2. The van der Waals surface area contributed by atoms with Crippen LogP contribution in [0.1, 0.15) is 230 Å². The second-order valence-electron chi connectivity index (χ2n) is 33.5. The summed E-state index contributed by atoms with van der Waals surface area (Å²) in [6, 6.07) is 86.5. The summed E-state index contributed by atoms with van der Waals surface area (Å²) in [6.45, 7) is 4.64. The van der Waals surface area contributed by atoms with E-state index in [4.69, 9.17) is 0 Å². The molecule has 0 saturated carbocycles. The number of hydrogen-bond acceptors (Lipinski definition) is 0. The quantitative estimate of drug-likeness (QED) is 0.0209. The Hall–Kier alpha value is -8.88. The van der Waals surface area contributed by atoms with E-state index in [2.05, 4.69) is 246 Å². The van der Waals surface area contributed by atoms with Crippen molar-refractivity contribution in [3.63, 3.8) is 0 Å². The maximum Gasteiger partial charge on any atom is 0.148 e. The molecule has 0 atom stereocenters. The Morgan fingerprint density at radius 1 is 0.168 bits per heavy atom. The Bertz CT molecular complexity index is 5500. The number of aryl methyl sites for hydroxylation is 2. The van der Waals surface area contributed by atoms with Crippen molar-refractivity contribution in [3.05, 3.63) is 230 Å². The largest absolute Gasteiger partial charge is 0.262 e. The van der Waals surface area contributed by atoms with Crippen LogP contribution in [-0.4, -0.2) is 14.1 Å². The number of hydrogen-bond donors (Lipinski definition) is 0. The Morgan fingerprint density at radius 3 is 0.542 bits per heavy atom. The van der Waals surface area contributed by atoms with Gasteiger partial charge in [0, 0.05) is 21.9 Å². The number of nitrogens with zero attached hydrogens (tertiary/aromatic N) is 1. The van der Waals surface area contributed by atoms with Crippen molar-refractivity contribution >= 4 is 162 Å². The van der Waals surface area contributed by atoms with Gasteiger partial charge in [0.2, 0.25) is 0 Å². The lowest BCUT2D eigenvalue weighted by atomic mass is 9.90. The summed E-state index contributed by atoms with van der Waals surface area (Å²) in [5, 5.41) is 36.6. The first kappa shape index (κ1) is 72.3. The summed E-state index contributed by atoms with van der Waals surface area (Å²) in [7, 11) is 5.13. The average molecular weight is 1400 g/mol. The predicted octanol–water partition coefficient (Wildman–Crippen LogP) is 33.3. The molecule has 0 radical (unpaired) electrons. The molecule has 0 spiro atoms. The molecule has 0 aliphatic carbocycles. The minimum absolute atomic E-state index is 0.680. The number of rotatable bonds is 36. The number of unbranched alkanes of at least 4 members (excludes halogenated alkanes) is 30. The summed E-state index contributed by atoms with van der Waals surface area (Å²) in [5.74, 6) is 0. The molecule has 0 amide bonds. The zero-order valence-corrected chi connectivity index (χ0v) is 65.3. The summed E-state index contributed by atoms with van der Waals surface area (Å²) >= 11 is 0. The normalized spacial score (nSPS) is 12.4. The zero-order chi connectivity index (χ0) is 72.5. The molecule has 0 saturated heterocycles. The number of fused-ring (bicyclic) bond motifs is 14. The summed E-state index contributed by atoms with van der Waals surface area (Å²) in [5.41, 5.74) is 5.94. The molecule has 0 aliphatic rings. The fraction of sp³-hybridized carbons (Fsp3) is 0.358. The van der Waals surface area contributed by atoms with Gasteiger partial charge in [0.15, 0.2) is 0 Å². The van der Waals surface area contributed by atoms with Gasteiger partial charge in [-0.15, -0.1) is 0 Å². The summed E-state index contributed by atoms with van der Waals surface area (Å²) in [4.78, 5) is 0. The van der Waals surface area contributed by atoms with Gasteiger partial charge in [-0.1, -0.05) is 279 Å². The first-order valence-electron chi connectivity index (χ1n) is 42.8. The molecule has 0 unspecified atom stereocenters. The topological polar surface area (TPSA) is 0 Å². The van der Waals surface area contributed by atoms with Crippen LogP contribution >= 0.6 is 0 Å². The zero-order valence-electron chi connectivity index (χ0n) is 65.3. The summed E-state index contributed by atoms with van der Waals surface area (Å²) in [6.07, 6.45) is 46.4. The van der Waals surface area contributed by atoms with Gasteiger partial charge in [0.1, 0.15) is 11.4 Å². The molecule has 16 aromatic carbocycles. The molecule has 0 N–H and O–H groups in total. The molecule has 0 bridgehead atoms. The van der Waals surface area contributed by atoms with Crippen molar-refractivity contribution in [1.82, 2.24) is 4.48 Å². The van der Waals surface area contributed by atoms with Crippen LogP contribution in [-0.2, 0) is 12.8 Å². The molecular formula is C106H116N+. The molecule has 0 aromatic heterocycles. The van der Waals surface area contributed by atoms with Crippen molar-refractivity contribution in [2.75, 3.05) is 14.1 Å². The maximum absolute atomic E-state index is 2.61. The molecule has 1 heteroatoms. The molecule has 16 aromatic rings. The van der Waals surface area contributed by atoms with E-state index in [1.54, 1.807) is 0 Å². The van der Waals surface area contributed by atoms with Crippen LogP contribution in [0.2, 0.25) is 0 Å². The van der Waals surface area contributed by atoms with Crippen LogP contribution < -0.4 is 4.48 Å². The fourth-order valence-electron chi connectivity index (χ4n) is 19.2. The molecule has 0 heterocycles. The Kier molecular flexibility index (Phi) is 22.8. The van der Waals surface area contributed by atoms with Crippen molar-refractivity contribution < 1.29 is 0 Å². The van der Waals surface area contributed by atoms with E-state index >= 15 is 0 Å². The van der Waals surface area contributed by atoms with E-state index in [1.165, 1.54) is 379 Å². The van der Waals surface area contributed by atoms with Crippen molar-refractivity contribution in [1.29, 1.82) is 0 Å². The Balaban J connectivity index is 0.738. The van der Waals surface area contributed by atoms with E-state index in [9.17, 15) is 0 Å². The molecule has 0 fully saturated rings. The minimum Gasteiger partial charge on any atom is -0.262 e. The fourth-order valence-corrected chi connectivity index (χ4v) is 19.2. The van der Waals surface area contributed by atoms with E-state index in [1.807, 2.05) is 0 Å². The highest BCUT2D eigenvalue weighted by atomic mass is 15.3. The smallest absolute Gasteiger partial charge is 0.148 e. The van der Waals surface area contributed by atoms with Gasteiger partial charge in [-0.2, -0.15) is 0 Å². The molecule has 16 rings (SSSR count). The van der Waals surface area contributed by atoms with Gasteiger partial charge < -0.3 is 0 Å². The second-order valence-corrected chi connectivity index (χ2v) is 33.5. The standard InChI is InChI=1S/C106H116N/c1-5-7-9-11-13-15-17-19-21-23-25-27-29-31-33-35-41-75-47-49-81-55-87-61-93-67-95-63-89-57-83-51-77-43-37-39-45-79(77)53-85(83)59-91(89)65-97(95)69-99(93)71-101(87)73-103(81)105(75)107(3,4)106-76(42-36-34-32-30-28-26-24-22-20-18-16-14-12-10-8-6-2)48-50-82-56-88-62-94-68-96-64-90-58-84-52-78-44-38-40-46-80(78)54-86(84)60-92(90)66-98(96)70-100(94)72-102(88)74-104(82)106/h37-40,43-74H,5-36,41-42H2,1-4H3/q+1. The lowest BCUT2D eigenvalue weighted by molar-refractivity contribution is 0.526. The van der Waals surface area contributed by atoms with Gasteiger partial charge in [0.25, 0.3) is 0 Å². The van der Waals surface area contributed by atoms with Crippen LogP contribution in [0.3, 0.4) is 0 Å². The second kappa shape index (κ2) is 33.7. The molecule has 107 heavy (non-hydrogen) atoms. The lowest BCUT2D eigenvalue weighted by Gasteiger charge is -2.35.